The van der Waals surface area contributed by atoms with E-state index in [1.54, 1.807) is 4.90 Å². The van der Waals surface area contributed by atoms with Crippen molar-refractivity contribution in [3.05, 3.63) is 18.1 Å². The number of hydrogen-bond acceptors (Lipinski definition) is 5. The molecule has 1 aromatic heterocycles. The van der Waals surface area contributed by atoms with Crippen LogP contribution in [0.25, 0.3) is 0 Å². The zero-order chi connectivity index (χ0) is 13.1. The standard InChI is InChI=1S/C12H14N4O2/c1-8-2-5-16(10(6-8)12(17)18)11-9(7-13)14-3-4-15-11/h3-4,8,10H,2,5-6H2,1H3,(H,17,18). The minimum absolute atomic E-state index is 0.179. The van der Waals surface area contributed by atoms with Crippen molar-refractivity contribution in [1.29, 1.82) is 5.26 Å². The molecule has 6 heteroatoms. The van der Waals surface area contributed by atoms with Crippen molar-refractivity contribution in [3.8, 4) is 6.07 Å². The third kappa shape index (κ3) is 2.25. The Labute approximate surface area is 105 Å². The molecule has 0 aliphatic carbocycles. The molecule has 1 saturated heterocycles. The fourth-order valence-electron chi connectivity index (χ4n) is 2.25. The molecular weight excluding hydrogens is 232 g/mol. The molecule has 6 nitrogen and oxygen atoms in total. The maximum absolute atomic E-state index is 11.3. The molecule has 0 aromatic carbocycles. The van der Waals surface area contributed by atoms with Crippen LogP contribution in [0.5, 0.6) is 0 Å². The Morgan fingerprint density at radius 3 is 2.94 bits per heavy atom. The summed E-state index contributed by atoms with van der Waals surface area (Å²) in [4.78, 5) is 21.0. The third-order valence-electron chi connectivity index (χ3n) is 3.21. The largest absolute Gasteiger partial charge is 0.480 e. The maximum atomic E-state index is 11.3. The van der Waals surface area contributed by atoms with Crippen LogP contribution in [-0.2, 0) is 4.79 Å². The maximum Gasteiger partial charge on any atom is 0.326 e. The van der Waals surface area contributed by atoms with E-state index in [1.807, 2.05) is 13.0 Å². The highest BCUT2D eigenvalue weighted by atomic mass is 16.4. The quantitative estimate of drug-likeness (QED) is 0.838. The third-order valence-corrected chi connectivity index (χ3v) is 3.21. The number of carbonyl (C=O) groups is 1. The van der Waals surface area contributed by atoms with Crippen molar-refractivity contribution in [3.63, 3.8) is 0 Å². The van der Waals surface area contributed by atoms with Crippen LogP contribution in [0.15, 0.2) is 12.4 Å². The molecule has 1 aliphatic heterocycles. The van der Waals surface area contributed by atoms with E-state index in [2.05, 4.69) is 9.97 Å². The Morgan fingerprint density at radius 1 is 1.56 bits per heavy atom. The minimum Gasteiger partial charge on any atom is -0.480 e. The zero-order valence-electron chi connectivity index (χ0n) is 10.1. The van der Waals surface area contributed by atoms with E-state index in [-0.39, 0.29) is 5.69 Å². The van der Waals surface area contributed by atoms with Gasteiger partial charge >= 0.3 is 5.97 Å². The summed E-state index contributed by atoms with van der Waals surface area (Å²) in [5, 5.41) is 18.3. The molecule has 1 aliphatic rings. The van der Waals surface area contributed by atoms with E-state index in [1.165, 1.54) is 12.4 Å². The number of aromatic nitrogens is 2. The number of aliphatic carboxylic acids is 1. The van der Waals surface area contributed by atoms with Crippen molar-refractivity contribution in [2.75, 3.05) is 11.4 Å². The summed E-state index contributed by atoms with van der Waals surface area (Å²) in [6.45, 7) is 2.63. The first-order valence-corrected chi connectivity index (χ1v) is 5.84. The van der Waals surface area contributed by atoms with Crippen molar-refractivity contribution in [2.24, 2.45) is 5.92 Å². The molecule has 1 aromatic rings. The highest BCUT2D eigenvalue weighted by Gasteiger charge is 2.33. The van der Waals surface area contributed by atoms with Crippen molar-refractivity contribution < 1.29 is 9.90 Å². The monoisotopic (exact) mass is 246 g/mol. The van der Waals surface area contributed by atoms with E-state index in [0.717, 1.165) is 6.42 Å². The topological polar surface area (TPSA) is 90.1 Å². The van der Waals surface area contributed by atoms with Crippen molar-refractivity contribution in [2.45, 2.75) is 25.8 Å². The van der Waals surface area contributed by atoms with Crippen LogP contribution in [0, 0.1) is 17.2 Å². The molecule has 2 rings (SSSR count). The van der Waals surface area contributed by atoms with Crippen LogP contribution in [-0.4, -0.2) is 33.6 Å². The fourth-order valence-corrected chi connectivity index (χ4v) is 2.25. The molecule has 0 spiro atoms. The number of carboxylic acids is 1. The van der Waals surface area contributed by atoms with Gasteiger partial charge in [0.05, 0.1) is 0 Å². The van der Waals surface area contributed by atoms with E-state index in [4.69, 9.17) is 5.26 Å². The summed E-state index contributed by atoms with van der Waals surface area (Å²) in [6, 6.07) is 1.33. The minimum atomic E-state index is -0.879. The van der Waals surface area contributed by atoms with Gasteiger partial charge in [0.2, 0.25) is 0 Å². The van der Waals surface area contributed by atoms with Gasteiger partial charge in [0, 0.05) is 18.9 Å². The summed E-state index contributed by atoms with van der Waals surface area (Å²) in [7, 11) is 0. The number of rotatable bonds is 2. The molecule has 94 valence electrons. The summed E-state index contributed by atoms with van der Waals surface area (Å²) >= 11 is 0. The Morgan fingerprint density at radius 2 is 2.28 bits per heavy atom. The van der Waals surface area contributed by atoms with Crippen LogP contribution >= 0.6 is 0 Å². The summed E-state index contributed by atoms with van der Waals surface area (Å²) in [6.07, 6.45) is 4.37. The van der Waals surface area contributed by atoms with Gasteiger partial charge < -0.3 is 10.0 Å². The summed E-state index contributed by atoms with van der Waals surface area (Å²) in [5.74, 6) is -0.139. The highest BCUT2D eigenvalue weighted by Crippen LogP contribution is 2.27. The van der Waals surface area contributed by atoms with Gasteiger partial charge in [-0.3, -0.25) is 0 Å². The first-order chi connectivity index (χ1) is 8.63. The van der Waals surface area contributed by atoms with Crippen LogP contribution in [0.2, 0.25) is 0 Å². The lowest BCUT2D eigenvalue weighted by atomic mass is 9.92. The van der Waals surface area contributed by atoms with E-state index >= 15 is 0 Å². The second kappa shape index (κ2) is 5.00. The average molecular weight is 246 g/mol. The first-order valence-electron chi connectivity index (χ1n) is 5.84. The number of nitriles is 1. The van der Waals surface area contributed by atoms with Crippen molar-refractivity contribution in [1.82, 2.24) is 9.97 Å². The fraction of sp³-hybridized carbons (Fsp3) is 0.500. The van der Waals surface area contributed by atoms with E-state index in [9.17, 15) is 9.90 Å². The SMILES string of the molecule is CC1CCN(c2nccnc2C#N)C(C(=O)O)C1. The molecule has 18 heavy (non-hydrogen) atoms. The Hall–Kier alpha value is -2.16. The van der Waals surface area contributed by atoms with Crippen LogP contribution in [0.3, 0.4) is 0 Å². The lowest BCUT2D eigenvalue weighted by Crippen LogP contribution is -2.47. The van der Waals surface area contributed by atoms with E-state index in [0.29, 0.717) is 24.7 Å². The molecule has 0 amide bonds. The summed E-state index contributed by atoms with van der Waals surface area (Å²) in [5.41, 5.74) is 0.179. The Bertz CT molecular complexity index is 497. The first kappa shape index (κ1) is 12.3. The average Bonchev–Trinajstić information content (AvgIpc) is 2.38. The molecule has 1 fully saturated rings. The second-order valence-corrected chi connectivity index (χ2v) is 4.52. The van der Waals surface area contributed by atoms with Gasteiger partial charge in [-0.25, -0.2) is 14.8 Å². The molecule has 2 atom stereocenters. The number of piperidine rings is 1. The zero-order valence-corrected chi connectivity index (χ0v) is 10.1. The normalized spacial score (nSPS) is 23.4. The lowest BCUT2D eigenvalue weighted by molar-refractivity contribution is -0.139. The van der Waals surface area contributed by atoms with Crippen LogP contribution < -0.4 is 4.90 Å². The number of anilines is 1. The van der Waals surface area contributed by atoms with Gasteiger partial charge in [-0.1, -0.05) is 6.92 Å². The molecule has 1 N–H and O–H groups in total. The predicted molar refractivity (Wildman–Crippen MR) is 63.9 cm³/mol. The van der Waals surface area contributed by atoms with E-state index < -0.39 is 12.0 Å². The molecule has 2 heterocycles. The Balaban J connectivity index is 2.36. The number of nitrogens with zero attached hydrogens (tertiary/aromatic N) is 4. The number of carboxylic acid groups (broad SMARTS) is 1. The molecular formula is C12H14N4O2. The van der Waals surface area contributed by atoms with Crippen LogP contribution in [0.1, 0.15) is 25.5 Å². The number of hydrogen-bond donors (Lipinski definition) is 1. The Kier molecular flexibility index (Phi) is 3.42. The van der Waals surface area contributed by atoms with Crippen molar-refractivity contribution >= 4 is 11.8 Å². The molecule has 0 saturated carbocycles. The van der Waals surface area contributed by atoms with Gasteiger partial charge in [-0.15, -0.1) is 0 Å². The van der Waals surface area contributed by atoms with Gasteiger partial charge in [0.25, 0.3) is 0 Å². The molecule has 0 bridgehead atoms. The highest BCUT2D eigenvalue weighted by molar-refractivity contribution is 5.78. The molecule has 0 radical (unpaired) electrons. The second-order valence-electron chi connectivity index (χ2n) is 4.52. The van der Waals surface area contributed by atoms with Gasteiger partial charge in [-0.2, -0.15) is 5.26 Å². The molecule has 2 unspecified atom stereocenters. The lowest BCUT2D eigenvalue weighted by Gasteiger charge is -2.36. The van der Waals surface area contributed by atoms with Gasteiger partial charge in [-0.05, 0) is 18.8 Å². The predicted octanol–water partition coefficient (Wildman–Crippen LogP) is 1.04. The smallest absolute Gasteiger partial charge is 0.326 e. The van der Waals surface area contributed by atoms with Gasteiger partial charge in [0.15, 0.2) is 11.5 Å². The van der Waals surface area contributed by atoms with Crippen LogP contribution in [0.4, 0.5) is 5.82 Å². The summed E-state index contributed by atoms with van der Waals surface area (Å²) < 4.78 is 0. The van der Waals surface area contributed by atoms with Gasteiger partial charge in [0.1, 0.15) is 12.1 Å².